The number of aryl methyl sites for hydroxylation is 2. The van der Waals surface area contributed by atoms with Crippen LogP contribution in [0.4, 0.5) is 5.13 Å². The summed E-state index contributed by atoms with van der Waals surface area (Å²) in [5, 5.41) is 7.07. The fourth-order valence-corrected chi connectivity index (χ4v) is 2.23. The first-order chi connectivity index (χ1) is 7.66. The van der Waals surface area contributed by atoms with Crippen LogP contribution < -0.4 is 10.6 Å². The van der Waals surface area contributed by atoms with Gasteiger partial charge in [0.2, 0.25) is 5.91 Å². The van der Waals surface area contributed by atoms with E-state index in [-0.39, 0.29) is 5.91 Å². The third-order valence-corrected chi connectivity index (χ3v) is 3.71. The average Bonchev–Trinajstić information content (AvgIpc) is 3.03. The van der Waals surface area contributed by atoms with E-state index in [1.165, 1.54) is 4.88 Å². The third kappa shape index (κ3) is 2.95. The Morgan fingerprint density at radius 3 is 2.75 bits per heavy atom. The van der Waals surface area contributed by atoms with Gasteiger partial charge >= 0.3 is 0 Å². The number of thiazole rings is 1. The lowest BCUT2D eigenvalue weighted by atomic mass is 10.4. The normalized spacial score (nSPS) is 14.9. The molecule has 0 aromatic carbocycles. The largest absolute Gasteiger partial charge is 0.360 e. The van der Waals surface area contributed by atoms with Crippen LogP contribution in [0.3, 0.4) is 0 Å². The van der Waals surface area contributed by atoms with Gasteiger partial charge in [0.15, 0.2) is 5.13 Å². The van der Waals surface area contributed by atoms with Crippen molar-refractivity contribution in [2.45, 2.75) is 26.7 Å². The van der Waals surface area contributed by atoms with E-state index < -0.39 is 0 Å². The molecule has 0 aliphatic heterocycles. The van der Waals surface area contributed by atoms with Crippen molar-refractivity contribution in [1.29, 1.82) is 0 Å². The highest BCUT2D eigenvalue weighted by Gasteiger charge is 2.28. The van der Waals surface area contributed by atoms with E-state index >= 15 is 0 Å². The number of nitrogens with zero attached hydrogens (tertiary/aromatic N) is 1. The van der Waals surface area contributed by atoms with Gasteiger partial charge in [0, 0.05) is 23.9 Å². The van der Waals surface area contributed by atoms with Gasteiger partial charge in [0.1, 0.15) is 0 Å². The third-order valence-electron chi connectivity index (χ3n) is 2.68. The van der Waals surface area contributed by atoms with Gasteiger partial charge in [0.25, 0.3) is 0 Å². The minimum Gasteiger partial charge on any atom is -0.360 e. The molecule has 0 saturated heterocycles. The second kappa shape index (κ2) is 4.82. The summed E-state index contributed by atoms with van der Waals surface area (Å²) < 4.78 is 0. The smallest absolute Gasteiger partial charge is 0.223 e. The van der Waals surface area contributed by atoms with Crippen LogP contribution in [-0.2, 0) is 4.79 Å². The van der Waals surface area contributed by atoms with Gasteiger partial charge in [-0.15, -0.1) is 11.3 Å². The van der Waals surface area contributed by atoms with Crippen molar-refractivity contribution >= 4 is 22.4 Å². The van der Waals surface area contributed by atoms with E-state index in [9.17, 15) is 4.79 Å². The van der Waals surface area contributed by atoms with Crippen LogP contribution >= 0.6 is 11.3 Å². The van der Waals surface area contributed by atoms with Gasteiger partial charge in [0.05, 0.1) is 5.69 Å². The average molecular weight is 239 g/mol. The van der Waals surface area contributed by atoms with Crippen molar-refractivity contribution in [2.24, 2.45) is 5.92 Å². The monoisotopic (exact) mass is 239 g/mol. The highest BCUT2D eigenvalue weighted by atomic mass is 32.1. The summed E-state index contributed by atoms with van der Waals surface area (Å²) >= 11 is 1.66. The molecular formula is C11H17N3OS. The van der Waals surface area contributed by atoms with E-state index in [0.717, 1.165) is 30.2 Å². The summed E-state index contributed by atoms with van der Waals surface area (Å²) in [6, 6.07) is 0. The summed E-state index contributed by atoms with van der Waals surface area (Å²) in [4.78, 5) is 16.9. The van der Waals surface area contributed by atoms with Crippen molar-refractivity contribution in [1.82, 2.24) is 10.3 Å². The molecular weight excluding hydrogens is 222 g/mol. The molecule has 0 atom stereocenters. The maximum absolute atomic E-state index is 11.3. The highest BCUT2D eigenvalue weighted by molar-refractivity contribution is 7.15. The molecule has 0 unspecified atom stereocenters. The van der Waals surface area contributed by atoms with E-state index in [0.29, 0.717) is 12.5 Å². The SMILES string of the molecule is Cc1nc(NCCNC(=O)C2CC2)sc1C. The van der Waals surface area contributed by atoms with Gasteiger partial charge in [-0.3, -0.25) is 4.79 Å². The molecule has 2 N–H and O–H groups in total. The Kier molecular flexibility index (Phi) is 3.43. The molecule has 1 heterocycles. The number of nitrogens with one attached hydrogen (secondary N) is 2. The maximum Gasteiger partial charge on any atom is 0.223 e. The Hall–Kier alpha value is -1.10. The summed E-state index contributed by atoms with van der Waals surface area (Å²) in [6.45, 7) is 5.48. The molecule has 1 aliphatic carbocycles. The van der Waals surface area contributed by atoms with Gasteiger partial charge in [-0.05, 0) is 26.7 Å². The number of aromatic nitrogens is 1. The number of carbonyl (C=O) groups excluding carboxylic acids is 1. The number of carbonyl (C=O) groups is 1. The zero-order valence-corrected chi connectivity index (χ0v) is 10.5. The number of anilines is 1. The molecule has 16 heavy (non-hydrogen) atoms. The summed E-state index contributed by atoms with van der Waals surface area (Å²) in [6.07, 6.45) is 2.12. The second-order valence-electron chi connectivity index (χ2n) is 4.15. The fraction of sp³-hybridized carbons (Fsp3) is 0.636. The zero-order chi connectivity index (χ0) is 11.5. The lowest BCUT2D eigenvalue weighted by molar-refractivity contribution is -0.122. The minimum absolute atomic E-state index is 0.202. The second-order valence-corrected chi connectivity index (χ2v) is 5.36. The number of hydrogen-bond donors (Lipinski definition) is 2. The van der Waals surface area contributed by atoms with Gasteiger partial charge < -0.3 is 10.6 Å². The van der Waals surface area contributed by atoms with Crippen molar-refractivity contribution in [3.8, 4) is 0 Å². The van der Waals surface area contributed by atoms with Crippen LogP contribution in [0, 0.1) is 19.8 Å². The molecule has 88 valence electrons. The molecule has 0 radical (unpaired) electrons. The standard InChI is InChI=1S/C11H17N3OS/c1-7-8(2)16-11(14-7)13-6-5-12-10(15)9-3-4-9/h9H,3-6H2,1-2H3,(H,12,15)(H,13,14). The molecule has 0 spiro atoms. The Morgan fingerprint density at radius 2 is 2.19 bits per heavy atom. The molecule has 5 heteroatoms. The van der Waals surface area contributed by atoms with Crippen LogP contribution in [0.5, 0.6) is 0 Å². The molecule has 1 aliphatic rings. The first-order valence-electron chi connectivity index (χ1n) is 5.62. The molecule has 1 amide bonds. The van der Waals surface area contributed by atoms with Crippen LogP contribution in [0.2, 0.25) is 0 Å². The Bertz CT molecular complexity index is 365. The fourth-order valence-electron chi connectivity index (χ4n) is 1.39. The summed E-state index contributed by atoms with van der Waals surface area (Å²) in [7, 11) is 0. The van der Waals surface area contributed by atoms with Crippen molar-refractivity contribution < 1.29 is 4.79 Å². The predicted molar refractivity (Wildman–Crippen MR) is 65.8 cm³/mol. The highest BCUT2D eigenvalue weighted by Crippen LogP contribution is 2.28. The summed E-state index contributed by atoms with van der Waals surface area (Å²) in [5.41, 5.74) is 1.08. The van der Waals surface area contributed by atoms with Crippen molar-refractivity contribution in [2.75, 3.05) is 18.4 Å². The lowest BCUT2D eigenvalue weighted by Gasteiger charge is -2.04. The number of amides is 1. The molecule has 1 aromatic rings. The van der Waals surface area contributed by atoms with Crippen molar-refractivity contribution in [3.05, 3.63) is 10.6 Å². The Balaban J connectivity index is 1.65. The Morgan fingerprint density at radius 1 is 1.44 bits per heavy atom. The van der Waals surface area contributed by atoms with Crippen LogP contribution in [0.1, 0.15) is 23.4 Å². The van der Waals surface area contributed by atoms with Crippen LogP contribution in [0.15, 0.2) is 0 Å². The predicted octanol–water partition coefficient (Wildman–Crippen LogP) is 1.70. The summed E-state index contributed by atoms with van der Waals surface area (Å²) in [5.74, 6) is 0.498. The molecule has 1 fully saturated rings. The molecule has 2 rings (SSSR count). The van der Waals surface area contributed by atoms with E-state index in [1.807, 2.05) is 6.92 Å². The van der Waals surface area contributed by atoms with E-state index in [1.54, 1.807) is 11.3 Å². The number of hydrogen-bond acceptors (Lipinski definition) is 4. The van der Waals surface area contributed by atoms with E-state index in [4.69, 9.17) is 0 Å². The van der Waals surface area contributed by atoms with Crippen LogP contribution in [0.25, 0.3) is 0 Å². The van der Waals surface area contributed by atoms with Crippen LogP contribution in [-0.4, -0.2) is 24.0 Å². The maximum atomic E-state index is 11.3. The quantitative estimate of drug-likeness (QED) is 0.769. The molecule has 0 bridgehead atoms. The molecule has 1 aromatic heterocycles. The van der Waals surface area contributed by atoms with Crippen molar-refractivity contribution in [3.63, 3.8) is 0 Å². The van der Waals surface area contributed by atoms with Gasteiger partial charge in [-0.25, -0.2) is 4.98 Å². The zero-order valence-electron chi connectivity index (χ0n) is 9.67. The first kappa shape index (κ1) is 11.4. The molecule has 1 saturated carbocycles. The van der Waals surface area contributed by atoms with E-state index in [2.05, 4.69) is 22.5 Å². The minimum atomic E-state index is 0.202. The van der Waals surface area contributed by atoms with Gasteiger partial charge in [-0.2, -0.15) is 0 Å². The Labute approximate surface area is 99.5 Å². The van der Waals surface area contributed by atoms with Gasteiger partial charge in [-0.1, -0.05) is 0 Å². The topological polar surface area (TPSA) is 54.0 Å². The first-order valence-corrected chi connectivity index (χ1v) is 6.44. The number of rotatable bonds is 5. The molecule has 4 nitrogen and oxygen atoms in total. The lowest BCUT2D eigenvalue weighted by Crippen LogP contribution is -2.29.